The van der Waals surface area contributed by atoms with E-state index < -0.39 is 0 Å². The first-order valence-electron chi connectivity index (χ1n) is 6.16. The maximum Gasteiger partial charge on any atom is 0.160 e. The number of hydrogen-bond donors (Lipinski definition) is 1. The van der Waals surface area contributed by atoms with E-state index in [1.165, 1.54) is 11.6 Å². The Hall–Kier alpha value is -2.29. The van der Waals surface area contributed by atoms with Crippen molar-refractivity contribution in [2.45, 2.75) is 12.8 Å². The fourth-order valence-corrected chi connectivity index (χ4v) is 1.82. The summed E-state index contributed by atoms with van der Waals surface area (Å²) in [5, 5.41) is 9.72. The standard InChI is InChI=1S/C16H16O3/c1-12(14-5-3-2-4-6-14)11-19-16-8-7-13(10-17)9-15(16)18/h2-10,12,18H,11H2,1H3/t12-/m1/s1. The maximum atomic E-state index is 10.6. The fraction of sp³-hybridized carbons (Fsp3) is 0.188. The van der Waals surface area contributed by atoms with Crippen LogP contribution in [0.3, 0.4) is 0 Å². The summed E-state index contributed by atoms with van der Waals surface area (Å²) >= 11 is 0. The Kier molecular flexibility index (Phi) is 4.18. The number of aldehydes is 1. The lowest BCUT2D eigenvalue weighted by molar-refractivity contribution is 0.112. The predicted molar refractivity (Wildman–Crippen MR) is 73.8 cm³/mol. The van der Waals surface area contributed by atoms with Crippen molar-refractivity contribution in [1.82, 2.24) is 0 Å². The lowest BCUT2D eigenvalue weighted by Gasteiger charge is -2.14. The van der Waals surface area contributed by atoms with Gasteiger partial charge in [-0.2, -0.15) is 0 Å². The van der Waals surface area contributed by atoms with Crippen molar-refractivity contribution in [1.29, 1.82) is 0 Å². The highest BCUT2D eigenvalue weighted by atomic mass is 16.5. The van der Waals surface area contributed by atoms with E-state index in [1.54, 1.807) is 12.1 Å². The van der Waals surface area contributed by atoms with Crippen molar-refractivity contribution in [2.75, 3.05) is 6.61 Å². The molecule has 0 aliphatic heterocycles. The van der Waals surface area contributed by atoms with E-state index in [-0.39, 0.29) is 11.7 Å². The van der Waals surface area contributed by atoms with Crippen LogP contribution in [0.1, 0.15) is 28.8 Å². The second-order valence-electron chi connectivity index (χ2n) is 4.47. The topological polar surface area (TPSA) is 46.5 Å². The van der Waals surface area contributed by atoms with Gasteiger partial charge >= 0.3 is 0 Å². The van der Waals surface area contributed by atoms with Gasteiger partial charge in [0.05, 0.1) is 6.61 Å². The molecule has 0 amide bonds. The molecule has 1 N–H and O–H groups in total. The average Bonchev–Trinajstić information content (AvgIpc) is 2.46. The van der Waals surface area contributed by atoms with E-state index in [2.05, 4.69) is 6.92 Å². The van der Waals surface area contributed by atoms with Gasteiger partial charge in [0.1, 0.15) is 6.29 Å². The maximum absolute atomic E-state index is 10.6. The Morgan fingerprint density at radius 2 is 1.95 bits per heavy atom. The van der Waals surface area contributed by atoms with Crippen LogP contribution in [-0.4, -0.2) is 18.0 Å². The smallest absolute Gasteiger partial charge is 0.160 e. The summed E-state index contributed by atoms with van der Waals surface area (Å²) in [4.78, 5) is 10.6. The van der Waals surface area contributed by atoms with Gasteiger partial charge in [0.2, 0.25) is 0 Å². The molecule has 0 bridgehead atoms. The quantitative estimate of drug-likeness (QED) is 0.834. The van der Waals surface area contributed by atoms with E-state index in [9.17, 15) is 9.90 Å². The molecular weight excluding hydrogens is 240 g/mol. The van der Waals surface area contributed by atoms with E-state index in [1.807, 2.05) is 30.3 Å². The number of phenols is 1. The lowest BCUT2D eigenvalue weighted by atomic mass is 10.0. The van der Waals surface area contributed by atoms with Gasteiger partial charge in [-0.3, -0.25) is 4.79 Å². The number of hydrogen-bond acceptors (Lipinski definition) is 3. The molecule has 0 saturated heterocycles. The molecule has 98 valence electrons. The van der Waals surface area contributed by atoms with Crippen LogP contribution in [0.5, 0.6) is 11.5 Å². The normalized spacial score (nSPS) is 11.8. The summed E-state index contributed by atoms with van der Waals surface area (Å²) in [6, 6.07) is 14.7. The Bertz CT molecular complexity index is 549. The zero-order valence-electron chi connectivity index (χ0n) is 10.7. The highest BCUT2D eigenvalue weighted by Crippen LogP contribution is 2.27. The molecule has 2 rings (SSSR count). The molecule has 2 aromatic rings. The Balaban J connectivity index is 2.01. The molecule has 0 fully saturated rings. The molecule has 0 heterocycles. The average molecular weight is 256 g/mol. The van der Waals surface area contributed by atoms with Gasteiger partial charge in [0, 0.05) is 11.5 Å². The van der Waals surface area contributed by atoms with Gasteiger partial charge in [-0.15, -0.1) is 0 Å². The summed E-state index contributed by atoms with van der Waals surface area (Å²) in [6.07, 6.45) is 0.691. The monoisotopic (exact) mass is 256 g/mol. The largest absolute Gasteiger partial charge is 0.504 e. The van der Waals surface area contributed by atoms with Crippen LogP contribution >= 0.6 is 0 Å². The number of aromatic hydroxyl groups is 1. The molecule has 0 spiro atoms. The Morgan fingerprint density at radius 3 is 2.58 bits per heavy atom. The summed E-state index contributed by atoms with van der Waals surface area (Å²) in [7, 11) is 0. The highest BCUT2D eigenvalue weighted by Gasteiger charge is 2.08. The van der Waals surface area contributed by atoms with E-state index in [0.717, 1.165) is 0 Å². The van der Waals surface area contributed by atoms with Crippen LogP contribution in [0.2, 0.25) is 0 Å². The zero-order chi connectivity index (χ0) is 13.7. The van der Waals surface area contributed by atoms with Crippen molar-refractivity contribution >= 4 is 6.29 Å². The highest BCUT2D eigenvalue weighted by molar-refractivity contribution is 5.76. The van der Waals surface area contributed by atoms with Gasteiger partial charge < -0.3 is 9.84 Å². The third-order valence-electron chi connectivity index (χ3n) is 2.98. The van der Waals surface area contributed by atoms with Crippen molar-refractivity contribution in [2.24, 2.45) is 0 Å². The minimum atomic E-state index is -0.00939. The first-order chi connectivity index (χ1) is 9.20. The van der Waals surface area contributed by atoms with Crippen LogP contribution in [0.4, 0.5) is 0 Å². The van der Waals surface area contributed by atoms with Gasteiger partial charge in [0.25, 0.3) is 0 Å². The molecule has 1 atom stereocenters. The predicted octanol–water partition coefficient (Wildman–Crippen LogP) is 3.39. The number of phenolic OH excluding ortho intramolecular Hbond substituents is 1. The Labute approximate surface area is 112 Å². The minimum absolute atomic E-state index is 0.00939. The number of benzene rings is 2. The first kappa shape index (κ1) is 13.1. The van der Waals surface area contributed by atoms with E-state index >= 15 is 0 Å². The van der Waals surface area contributed by atoms with Crippen LogP contribution < -0.4 is 4.74 Å². The third-order valence-corrected chi connectivity index (χ3v) is 2.98. The van der Waals surface area contributed by atoms with E-state index in [4.69, 9.17) is 4.74 Å². The van der Waals surface area contributed by atoms with Gasteiger partial charge in [-0.1, -0.05) is 37.3 Å². The van der Waals surface area contributed by atoms with Gasteiger partial charge in [-0.25, -0.2) is 0 Å². The van der Waals surface area contributed by atoms with Crippen LogP contribution in [-0.2, 0) is 0 Å². The molecule has 0 radical (unpaired) electrons. The van der Waals surface area contributed by atoms with Crippen molar-refractivity contribution in [3.63, 3.8) is 0 Å². The molecule has 0 aliphatic rings. The number of carbonyl (C=O) groups is 1. The molecule has 0 aliphatic carbocycles. The number of ether oxygens (including phenoxy) is 1. The minimum Gasteiger partial charge on any atom is -0.504 e. The second-order valence-corrected chi connectivity index (χ2v) is 4.47. The van der Waals surface area contributed by atoms with Crippen LogP contribution in [0, 0.1) is 0 Å². The zero-order valence-corrected chi connectivity index (χ0v) is 10.7. The van der Waals surface area contributed by atoms with E-state index in [0.29, 0.717) is 24.2 Å². The van der Waals surface area contributed by atoms with Gasteiger partial charge in [0.15, 0.2) is 11.5 Å². The molecule has 19 heavy (non-hydrogen) atoms. The van der Waals surface area contributed by atoms with Crippen molar-refractivity contribution in [3.8, 4) is 11.5 Å². The third kappa shape index (κ3) is 3.35. The molecule has 0 aromatic heterocycles. The van der Waals surface area contributed by atoms with Crippen LogP contribution in [0.15, 0.2) is 48.5 Å². The molecule has 3 heteroatoms. The molecule has 0 unspecified atom stereocenters. The summed E-state index contributed by atoms with van der Waals surface area (Å²) in [6.45, 7) is 2.53. The summed E-state index contributed by atoms with van der Waals surface area (Å²) in [5.41, 5.74) is 1.62. The summed E-state index contributed by atoms with van der Waals surface area (Å²) < 4.78 is 5.59. The Morgan fingerprint density at radius 1 is 1.21 bits per heavy atom. The molecule has 2 aromatic carbocycles. The van der Waals surface area contributed by atoms with Crippen LogP contribution in [0.25, 0.3) is 0 Å². The number of carbonyl (C=O) groups excluding carboxylic acids is 1. The van der Waals surface area contributed by atoms with Gasteiger partial charge in [-0.05, 0) is 23.8 Å². The van der Waals surface area contributed by atoms with Crippen molar-refractivity contribution in [3.05, 3.63) is 59.7 Å². The fourth-order valence-electron chi connectivity index (χ4n) is 1.82. The lowest BCUT2D eigenvalue weighted by Crippen LogP contribution is -2.07. The van der Waals surface area contributed by atoms with Crippen molar-refractivity contribution < 1.29 is 14.6 Å². The molecular formula is C16H16O3. The SMILES string of the molecule is C[C@H](COc1ccc(C=O)cc1O)c1ccccc1. The summed E-state index contributed by atoms with van der Waals surface area (Å²) in [5.74, 6) is 0.615. The second kappa shape index (κ2) is 6.05. The molecule has 3 nitrogen and oxygen atoms in total. The number of rotatable bonds is 5. The molecule has 0 saturated carbocycles. The first-order valence-corrected chi connectivity index (χ1v) is 6.16.